The van der Waals surface area contributed by atoms with E-state index in [2.05, 4.69) is 5.32 Å². The highest BCUT2D eigenvalue weighted by Gasteiger charge is 2.30. The first-order valence-electron chi connectivity index (χ1n) is 8.95. The number of halogens is 2. The van der Waals surface area contributed by atoms with Crippen LogP contribution in [-0.2, 0) is 4.79 Å². The standard InChI is InChI=1S/C19H28FN3O2.ClH/c1-12(2)10-18(24)22-16-8-7-14(11-15(16)20)19(25)23-9-5-4-6-17(23)13(3)21;/h7-8,11-13,17H,4-6,9-10,21H2,1-3H3,(H,22,24);1H. The van der Waals surface area contributed by atoms with Crippen LogP contribution in [0.25, 0.3) is 0 Å². The van der Waals surface area contributed by atoms with E-state index in [-0.39, 0.29) is 53.5 Å². The Hall–Kier alpha value is -1.66. The second-order valence-corrected chi connectivity index (χ2v) is 7.26. The van der Waals surface area contributed by atoms with E-state index in [9.17, 15) is 14.0 Å². The van der Waals surface area contributed by atoms with E-state index in [1.807, 2.05) is 20.8 Å². The molecule has 0 radical (unpaired) electrons. The molecule has 2 atom stereocenters. The highest BCUT2D eigenvalue weighted by Crippen LogP contribution is 2.23. The molecule has 0 saturated carbocycles. The zero-order valence-electron chi connectivity index (χ0n) is 15.6. The summed E-state index contributed by atoms with van der Waals surface area (Å²) in [6.07, 6.45) is 3.17. The number of amides is 2. The summed E-state index contributed by atoms with van der Waals surface area (Å²) >= 11 is 0. The molecule has 7 heteroatoms. The van der Waals surface area contributed by atoms with Crippen molar-refractivity contribution in [2.24, 2.45) is 11.7 Å². The molecule has 26 heavy (non-hydrogen) atoms. The first-order chi connectivity index (χ1) is 11.8. The number of carbonyl (C=O) groups excluding carboxylic acids is 2. The molecule has 0 aliphatic carbocycles. The highest BCUT2D eigenvalue weighted by molar-refractivity contribution is 5.96. The van der Waals surface area contributed by atoms with Crippen LogP contribution in [0.4, 0.5) is 10.1 Å². The third kappa shape index (κ3) is 5.68. The summed E-state index contributed by atoms with van der Waals surface area (Å²) in [6.45, 7) is 6.38. The predicted octanol–water partition coefficient (Wildman–Crippen LogP) is 3.57. The second-order valence-electron chi connectivity index (χ2n) is 7.26. The van der Waals surface area contributed by atoms with Crippen LogP contribution in [0.2, 0.25) is 0 Å². The number of likely N-dealkylation sites (tertiary alicyclic amines) is 1. The first kappa shape index (κ1) is 22.4. The topological polar surface area (TPSA) is 75.4 Å². The number of hydrogen-bond acceptors (Lipinski definition) is 3. The molecule has 1 fully saturated rings. The molecule has 0 bridgehead atoms. The molecule has 1 saturated heterocycles. The van der Waals surface area contributed by atoms with E-state index in [1.165, 1.54) is 12.1 Å². The fourth-order valence-electron chi connectivity index (χ4n) is 3.24. The lowest BCUT2D eigenvalue weighted by Crippen LogP contribution is -2.51. The summed E-state index contributed by atoms with van der Waals surface area (Å²) in [4.78, 5) is 26.3. The molecule has 1 aliphatic rings. The average Bonchev–Trinajstić information content (AvgIpc) is 2.55. The minimum atomic E-state index is -0.600. The molecule has 5 nitrogen and oxygen atoms in total. The van der Waals surface area contributed by atoms with Crippen molar-refractivity contribution in [3.8, 4) is 0 Å². The zero-order valence-corrected chi connectivity index (χ0v) is 16.4. The fourth-order valence-corrected chi connectivity index (χ4v) is 3.24. The van der Waals surface area contributed by atoms with Crippen LogP contribution in [0.5, 0.6) is 0 Å². The van der Waals surface area contributed by atoms with Gasteiger partial charge in [-0.25, -0.2) is 4.39 Å². The lowest BCUT2D eigenvalue weighted by atomic mass is 9.96. The quantitative estimate of drug-likeness (QED) is 0.813. The first-order valence-corrected chi connectivity index (χ1v) is 8.95. The van der Waals surface area contributed by atoms with Gasteiger partial charge in [-0.2, -0.15) is 0 Å². The van der Waals surface area contributed by atoms with Gasteiger partial charge in [-0.05, 0) is 50.3 Å². The zero-order chi connectivity index (χ0) is 18.6. The maximum absolute atomic E-state index is 14.3. The van der Waals surface area contributed by atoms with Gasteiger partial charge in [-0.1, -0.05) is 13.8 Å². The Kier molecular flexibility index (Phi) is 8.50. The summed E-state index contributed by atoms with van der Waals surface area (Å²) < 4.78 is 14.3. The summed E-state index contributed by atoms with van der Waals surface area (Å²) in [5.41, 5.74) is 6.39. The van der Waals surface area contributed by atoms with Crippen molar-refractivity contribution in [3.63, 3.8) is 0 Å². The van der Waals surface area contributed by atoms with Crippen molar-refractivity contribution in [1.29, 1.82) is 0 Å². The molecular weight excluding hydrogens is 357 g/mol. The maximum atomic E-state index is 14.3. The molecule has 0 aromatic heterocycles. The van der Waals surface area contributed by atoms with Gasteiger partial charge in [0.2, 0.25) is 5.91 Å². The molecule has 1 aromatic carbocycles. The van der Waals surface area contributed by atoms with Crippen LogP contribution in [0.3, 0.4) is 0 Å². The Balaban J connectivity index is 0.00000338. The van der Waals surface area contributed by atoms with E-state index in [1.54, 1.807) is 11.0 Å². The summed E-state index contributed by atoms with van der Waals surface area (Å²) in [7, 11) is 0. The number of carbonyl (C=O) groups is 2. The predicted molar refractivity (Wildman–Crippen MR) is 104 cm³/mol. The van der Waals surface area contributed by atoms with Crippen molar-refractivity contribution in [3.05, 3.63) is 29.6 Å². The number of piperidine rings is 1. The third-order valence-electron chi connectivity index (χ3n) is 4.50. The molecule has 3 N–H and O–H groups in total. The lowest BCUT2D eigenvalue weighted by Gasteiger charge is -2.38. The summed E-state index contributed by atoms with van der Waals surface area (Å²) in [5, 5.41) is 2.56. The van der Waals surface area contributed by atoms with E-state index in [4.69, 9.17) is 5.73 Å². The van der Waals surface area contributed by atoms with Crippen molar-refractivity contribution >= 4 is 29.9 Å². The summed E-state index contributed by atoms with van der Waals surface area (Å²) in [5.74, 6) is -0.850. The number of nitrogens with two attached hydrogens (primary N) is 1. The van der Waals surface area contributed by atoms with E-state index in [0.717, 1.165) is 19.3 Å². The SMILES string of the molecule is CC(C)CC(=O)Nc1ccc(C(=O)N2CCCCC2C(C)N)cc1F.Cl. The normalized spacial score (nSPS) is 18.2. The van der Waals surface area contributed by atoms with E-state index < -0.39 is 5.82 Å². The van der Waals surface area contributed by atoms with E-state index >= 15 is 0 Å². The Morgan fingerprint density at radius 3 is 2.58 bits per heavy atom. The van der Waals surface area contributed by atoms with E-state index in [0.29, 0.717) is 13.0 Å². The smallest absolute Gasteiger partial charge is 0.254 e. The van der Waals surface area contributed by atoms with Gasteiger partial charge in [0.1, 0.15) is 5.82 Å². The molecule has 1 aliphatic heterocycles. The molecule has 2 amide bonds. The van der Waals surface area contributed by atoms with Gasteiger partial charge in [0, 0.05) is 30.6 Å². The monoisotopic (exact) mass is 385 g/mol. The van der Waals surface area contributed by atoms with Crippen LogP contribution in [0.1, 0.15) is 56.8 Å². The molecular formula is C19H29ClFN3O2. The minimum absolute atomic E-state index is 0. The largest absolute Gasteiger partial charge is 0.334 e. The highest BCUT2D eigenvalue weighted by atomic mass is 35.5. The fraction of sp³-hybridized carbons (Fsp3) is 0.579. The second kappa shape index (κ2) is 9.88. The van der Waals surface area contributed by atoms with Crippen LogP contribution in [0.15, 0.2) is 18.2 Å². The van der Waals surface area contributed by atoms with Crippen molar-refractivity contribution < 1.29 is 14.0 Å². The number of hydrogen-bond donors (Lipinski definition) is 2. The lowest BCUT2D eigenvalue weighted by molar-refractivity contribution is -0.116. The van der Waals surface area contributed by atoms with Crippen LogP contribution in [0, 0.1) is 11.7 Å². The Bertz CT molecular complexity index is 637. The minimum Gasteiger partial charge on any atom is -0.334 e. The average molecular weight is 386 g/mol. The Morgan fingerprint density at radius 1 is 1.31 bits per heavy atom. The van der Waals surface area contributed by atoms with Gasteiger partial charge < -0.3 is 16.0 Å². The van der Waals surface area contributed by atoms with Crippen LogP contribution < -0.4 is 11.1 Å². The van der Waals surface area contributed by atoms with Crippen LogP contribution >= 0.6 is 12.4 Å². The number of rotatable bonds is 5. The maximum Gasteiger partial charge on any atom is 0.254 e. The van der Waals surface area contributed by atoms with Gasteiger partial charge in [0.25, 0.3) is 5.91 Å². The molecule has 1 aromatic rings. The van der Waals surface area contributed by atoms with Gasteiger partial charge >= 0.3 is 0 Å². The Morgan fingerprint density at radius 2 is 2.00 bits per heavy atom. The molecule has 2 rings (SSSR count). The van der Waals surface area contributed by atoms with Crippen LogP contribution in [-0.4, -0.2) is 35.3 Å². The molecule has 1 heterocycles. The number of nitrogens with one attached hydrogen (secondary N) is 1. The third-order valence-corrected chi connectivity index (χ3v) is 4.50. The Labute approximate surface area is 160 Å². The van der Waals surface area contributed by atoms with Crippen molar-refractivity contribution in [2.45, 2.75) is 58.5 Å². The van der Waals surface area contributed by atoms with Gasteiger partial charge in [0.05, 0.1) is 5.69 Å². The van der Waals surface area contributed by atoms with Crippen molar-refractivity contribution in [1.82, 2.24) is 4.90 Å². The molecule has 0 spiro atoms. The van der Waals surface area contributed by atoms with Gasteiger partial charge in [-0.3, -0.25) is 9.59 Å². The van der Waals surface area contributed by atoms with Gasteiger partial charge in [0.15, 0.2) is 0 Å². The van der Waals surface area contributed by atoms with Gasteiger partial charge in [-0.15, -0.1) is 12.4 Å². The number of anilines is 1. The molecule has 146 valence electrons. The number of benzene rings is 1. The van der Waals surface area contributed by atoms with Crippen molar-refractivity contribution in [2.75, 3.05) is 11.9 Å². The molecule has 2 unspecified atom stereocenters. The summed E-state index contributed by atoms with van der Waals surface area (Å²) in [6, 6.07) is 4.06. The number of nitrogens with zero attached hydrogens (tertiary/aromatic N) is 1.